The average molecular weight is 401 g/mol. The summed E-state index contributed by atoms with van der Waals surface area (Å²) in [5.74, 6) is 0.811. The molecule has 1 aromatic carbocycles. The van der Waals surface area contributed by atoms with Crippen LogP contribution in [0.4, 0.5) is 0 Å². The summed E-state index contributed by atoms with van der Waals surface area (Å²) < 4.78 is 1.97. The Kier molecular flexibility index (Phi) is 4.66. The molecule has 5 rings (SSSR count). The minimum absolute atomic E-state index is 0.147. The fourth-order valence-corrected chi connectivity index (χ4v) is 4.44. The Morgan fingerprint density at radius 2 is 2.03 bits per heavy atom. The number of rotatable bonds is 3. The molecule has 0 spiro atoms. The van der Waals surface area contributed by atoms with Crippen LogP contribution in [-0.4, -0.2) is 24.7 Å². The van der Waals surface area contributed by atoms with Gasteiger partial charge in [-0.3, -0.25) is 4.68 Å². The van der Waals surface area contributed by atoms with E-state index in [-0.39, 0.29) is 6.04 Å². The summed E-state index contributed by atoms with van der Waals surface area (Å²) >= 11 is 0. The third kappa shape index (κ3) is 3.21. The quantitative estimate of drug-likeness (QED) is 0.468. The zero-order valence-electron chi connectivity index (χ0n) is 17.8. The molecule has 154 valence electrons. The molecule has 1 unspecified atom stereocenters. The highest BCUT2D eigenvalue weighted by atomic mass is 15.3. The van der Waals surface area contributed by atoms with Gasteiger partial charge in [0.1, 0.15) is 5.82 Å². The van der Waals surface area contributed by atoms with Gasteiger partial charge in [0.15, 0.2) is 5.65 Å². The van der Waals surface area contributed by atoms with Gasteiger partial charge in [-0.2, -0.15) is 5.10 Å². The first kappa shape index (κ1) is 19.0. The van der Waals surface area contributed by atoms with Gasteiger partial charge in [0.05, 0.1) is 16.8 Å². The van der Waals surface area contributed by atoms with Crippen LogP contribution in [0, 0.1) is 6.92 Å². The van der Waals surface area contributed by atoms with Gasteiger partial charge >= 0.3 is 0 Å². The summed E-state index contributed by atoms with van der Waals surface area (Å²) in [7, 11) is 0. The first-order valence-electron chi connectivity index (χ1n) is 10.8. The van der Waals surface area contributed by atoms with Gasteiger partial charge in [-0.25, -0.2) is 9.97 Å². The Balaban J connectivity index is 1.61. The van der Waals surface area contributed by atoms with Crippen LogP contribution in [0.3, 0.4) is 0 Å². The summed E-state index contributed by atoms with van der Waals surface area (Å²) in [4.78, 5) is 12.8. The van der Waals surface area contributed by atoms with Crippen molar-refractivity contribution >= 4 is 11.2 Å². The number of aromatic nitrogens is 5. The van der Waals surface area contributed by atoms with E-state index in [1.54, 1.807) is 0 Å². The Labute approximate surface area is 176 Å². The van der Waals surface area contributed by atoms with Crippen LogP contribution in [0.1, 0.15) is 62.0 Å². The molecule has 3 heterocycles. The van der Waals surface area contributed by atoms with E-state index < -0.39 is 0 Å². The second-order valence-corrected chi connectivity index (χ2v) is 8.61. The van der Waals surface area contributed by atoms with Gasteiger partial charge in [-0.1, -0.05) is 24.6 Å². The molecule has 0 fully saturated rings. The van der Waals surface area contributed by atoms with Crippen LogP contribution in [0.2, 0.25) is 0 Å². The maximum atomic E-state index is 6.40. The summed E-state index contributed by atoms with van der Waals surface area (Å²) in [6, 6.07) is 9.21. The van der Waals surface area contributed by atoms with Crippen LogP contribution in [-0.2, 0) is 6.42 Å². The smallest absolute Gasteiger partial charge is 0.178 e. The van der Waals surface area contributed by atoms with E-state index in [4.69, 9.17) is 10.7 Å². The van der Waals surface area contributed by atoms with Crippen molar-refractivity contribution in [2.24, 2.45) is 5.73 Å². The first-order chi connectivity index (χ1) is 14.5. The molecular weight excluding hydrogens is 372 g/mol. The van der Waals surface area contributed by atoms with Crippen molar-refractivity contribution in [3.8, 4) is 22.5 Å². The van der Waals surface area contributed by atoms with Gasteiger partial charge < -0.3 is 10.7 Å². The molecule has 0 amide bonds. The van der Waals surface area contributed by atoms with Crippen molar-refractivity contribution < 1.29 is 0 Å². The number of hydrogen-bond donors (Lipinski definition) is 2. The third-order valence-corrected chi connectivity index (χ3v) is 6.16. The largest absolute Gasteiger partial charge is 0.336 e. The van der Waals surface area contributed by atoms with Crippen molar-refractivity contribution in [3.05, 3.63) is 53.5 Å². The maximum Gasteiger partial charge on any atom is 0.178 e. The third-order valence-electron chi connectivity index (χ3n) is 6.16. The molecular formula is C24H28N6. The molecule has 6 nitrogen and oxygen atoms in total. The van der Waals surface area contributed by atoms with Crippen LogP contribution < -0.4 is 5.73 Å². The summed E-state index contributed by atoms with van der Waals surface area (Å²) in [6.45, 7) is 6.27. The Hall–Kier alpha value is -2.99. The molecule has 30 heavy (non-hydrogen) atoms. The SMILES string of the molecule is Cc1nn(C(C)C)cc1-c1nc2nccc(-c3ccc4c(c3)CCCCC4N)c2[nH]1. The highest BCUT2D eigenvalue weighted by Crippen LogP contribution is 2.34. The lowest BCUT2D eigenvalue weighted by molar-refractivity contribution is 0.529. The van der Waals surface area contributed by atoms with E-state index in [0.717, 1.165) is 46.7 Å². The number of nitrogens with zero attached hydrogens (tertiary/aromatic N) is 4. The molecule has 1 aliphatic rings. The molecule has 0 aliphatic heterocycles. The van der Waals surface area contributed by atoms with E-state index >= 15 is 0 Å². The molecule has 0 bridgehead atoms. The minimum atomic E-state index is 0.147. The van der Waals surface area contributed by atoms with Crippen molar-refractivity contribution in [2.75, 3.05) is 0 Å². The van der Waals surface area contributed by atoms with Crippen LogP contribution in [0.5, 0.6) is 0 Å². The van der Waals surface area contributed by atoms with Gasteiger partial charge in [0.2, 0.25) is 0 Å². The number of hydrogen-bond acceptors (Lipinski definition) is 4. The molecule has 0 radical (unpaired) electrons. The minimum Gasteiger partial charge on any atom is -0.336 e. The fourth-order valence-electron chi connectivity index (χ4n) is 4.44. The number of aryl methyl sites for hydroxylation is 2. The fraction of sp³-hybridized carbons (Fsp3) is 0.375. The summed E-state index contributed by atoms with van der Waals surface area (Å²) in [6.07, 6.45) is 8.44. The lowest BCUT2D eigenvalue weighted by atomic mass is 9.94. The second kappa shape index (κ2) is 7.36. The maximum absolute atomic E-state index is 6.40. The van der Waals surface area contributed by atoms with E-state index in [0.29, 0.717) is 6.04 Å². The number of pyridine rings is 1. The first-order valence-corrected chi connectivity index (χ1v) is 10.8. The zero-order valence-corrected chi connectivity index (χ0v) is 17.8. The summed E-state index contributed by atoms with van der Waals surface area (Å²) in [5, 5.41) is 4.63. The molecule has 1 atom stereocenters. The number of fused-ring (bicyclic) bond motifs is 2. The van der Waals surface area contributed by atoms with E-state index in [9.17, 15) is 0 Å². The average Bonchev–Trinajstić information content (AvgIpc) is 3.28. The van der Waals surface area contributed by atoms with Crippen molar-refractivity contribution in [1.29, 1.82) is 0 Å². The molecule has 0 saturated heterocycles. The normalized spacial score (nSPS) is 16.8. The Morgan fingerprint density at radius 3 is 2.83 bits per heavy atom. The van der Waals surface area contributed by atoms with Crippen molar-refractivity contribution in [2.45, 2.75) is 58.5 Å². The van der Waals surface area contributed by atoms with E-state index in [1.807, 2.05) is 17.8 Å². The number of nitrogens with two attached hydrogens (primary N) is 1. The lowest BCUT2D eigenvalue weighted by Gasteiger charge is -2.14. The number of benzene rings is 1. The number of aromatic amines is 1. The zero-order chi connectivity index (χ0) is 20.8. The lowest BCUT2D eigenvalue weighted by Crippen LogP contribution is -2.10. The van der Waals surface area contributed by atoms with Gasteiger partial charge in [-0.15, -0.1) is 0 Å². The van der Waals surface area contributed by atoms with Gasteiger partial charge in [0.25, 0.3) is 0 Å². The van der Waals surface area contributed by atoms with Crippen LogP contribution in [0.15, 0.2) is 36.7 Å². The predicted octanol–water partition coefficient (Wildman–Crippen LogP) is 5.10. The topological polar surface area (TPSA) is 85.4 Å². The highest BCUT2D eigenvalue weighted by Gasteiger charge is 2.18. The highest BCUT2D eigenvalue weighted by molar-refractivity contribution is 5.91. The molecule has 3 N–H and O–H groups in total. The van der Waals surface area contributed by atoms with Crippen molar-refractivity contribution in [3.63, 3.8) is 0 Å². The predicted molar refractivity (Wildman–Crippen MR) is 120 cm³/mol. The van der Waals surface area contributed by atoms with Crippen LogP contribution >= 0.6 is 0 Å². The van der Waals surface area contributed by atoms with Crippen LogP contribution in [0.25, 0.3) is 33.7 Å². The van der Waals surface area contributed by atoms with E-state index in [1.165, 1.54) is 29.5 Å². The second-order valence-electron chi connectivity index (χ2n) is 8.61. The Bertz CT molecular complexity index is 1220. The summed E-state index contributed by atoms with van der Waals surface area (Å²) in [5.41, 5.74) is 15.0. The monoisotopic (exact) mass is 400 g/mol. The standard InChI is InChI=1S/C24H28N6/c1-14(2)30-13-20(15(3)29-30)23-27-22-19(10-11-26-24(22)28-23)17-8-9-18-16(12-17)6-4-5-7-21(18)25/h8-14,21H,4-7,25H2,1-3H3,(H,26,27,28). The number of imidazole rings is 1. The van der Waals surface area contributed by atoms with E-state index in [2.05, 4.69) is 59.4 Å². The van der Waals surface area contributed by atoms with Gasteiger partial charge in [0, 0.05) is 30.0 Å². The number of H-pyrrole nitrogens is 1. The molecule has 1 aliphatic carbocycles. The molecule has 4 aromatic rings. The van der Waals surface area contributed by atoms with Crippen molar-refractivity contribution in [1.82, 2.24) is 24.7 Å². The molecule has 3 aromatic heterocycles. The van der Waals surface area contributed by atoms with Gasteiger partial charge in [-0.05, 0) is 62.8 Å². The molecule has 6 heteroatoms. The molecule has 0 saturated carbocycles. The Morgan fingerprint density at radius 1 is 1.17 bits per heavy atom. The number of nitrogens with one attached hydrogen (secondary N) is 1.